The highest BCUT2D eigenvalue weighted by molar-refractivity contribution is 5.49. The Balaban J connectivity index is 1.47. The lowest BCUT2D eigenvalue weighted by molar-refractivity contribution is -0.137. The molecular weight excluding hydrogens is 369 g/mol. The molecule has 3 rings (SSSR count). The van der Waals surface area contributed by atoms with E-state index < -0.39 is 17.8 Å². The van der Waals surface area contributed by atoms with Crippen LogP contribution < -0.4 is 9.64 Å². The molecule has 1 heterocycles. The second kappa shape index (κ2) is 8.84. The minimum atomic E-state index is -4.33. The van der Waals surface area contributed by atoms with E-state index >= 15 is 0 Å². The smallest absolute Gasteiger partial charge is 0.416 e. The Bertz CT molecular complexity index is 774. The summed E-state index contributed by atoms with van der Waals surface area (Å²) in [6.45, 7) is 5.23. The average molecular weight is 394 g/mol. The number of piperazine rings is 1. The third-order valence-corrected chi connectivity index (χ3v) is 4.90. The maximum Gasteiger partial charge on any atom is 0.416 e. The van der Waals surface area contributed by atoms with E-state index in [4.69, 9.17) is 4.74 Å². The largest absolute Gasteiger partial charge is 0.491 e. The van der Waals surface area contributed by atoms with Crippen molar-refractivity contribution >= 4 is 5.69 Å². The maximum absolute atomic E-state index is 12.9. The molecule has 7 heteroatoms. The Hall–Kier alpha value is -2.25. The van der Waals surface area contributed by atoms with Gasteiger partial charge in [-0.05, 0) is 36.8 Å². The predicted molar refractivity (Wildman–Crippen MR) is 103 cm³/mol. The van der Waals surface area contributed by atoms with Gasteiger partial charge in [0.05, 0.1) is 5.56 Å². The number of anilines is 1. The molecule has 2 aromatic rings. The predicted octanol–water partition coefficient (Wildman–Crippen LogP) is 3.58. The van der Waals surface area contributed by atoms with Crippen molar-refractivity contribution in [2.45, 2.75) is 19.2 Å². The first kappa shape index (κ1) is 20.5. The van der Waals surface area contributed by atoms with Gasteiger partial charge in [0.25, 0.3) is 0 Å². The number of rotatable bonds is 6. The fourth-order valence-corrected chi connectivity index (χ4v) is 3.32. The van der Waals surface area contributed by atoms with Gasteiger partial charge in [0.15, 0.2) is 0 Å². The summed E-state index contributed by atoms with van der Waals surface area (Å²) in [7, 11) is 0. The molecule has 4 nitrogen and oxygen atoms in total. The van der Waals surface area contributed by atoms with Crippen molar-refractivity contribution in [3.63, 3.8) is 0 Å². The van der Waals surface area contributed by atoms with Gasteiger partial charge in [-0.3, -0.25) is 4.90 Å². The topological polar surface area (TPSA) is 35.9 Å². The van der Waals surface area contributed by atoms with Gasteiger partial charge in [0.2, 0.25) is 0 Å². The number of nitrogens with zero attached hydrogens (tertiary/aromatic N) is 2. The van der Waals surface area contributed by atoms with Crippen molar-refractivity contribution in [3.8, 4) is 5.75 Å². The minimum Gasteiger partial charge on any atom is -0.491 e. The summed E-state index contributed by atoms with van der Waals surface area (Å²) in [5.74, 6) is 0.760. The van der Waals surface area contributed by atoms with Gasteiger partial charge in [-0.1, -0.05) is 24.3 Å². The Morgan fingerprint density at radius 3 is 2.43 bits per heavy atom. The molecule has 1 fully saturated rings. The van der Waals surface area contributed by atoms with E-state index in [1.54, 1.807) is 6.07 Å². The first-order valence-electron chi connectivity index (χ1n) is 9.34. The summed E-state index contributed by atoms with van der Waals surface area (Å²) in [4.78, 5) is 4.05. The van der Waals surface area contributed by atoms with Crippen LogP contribution in [0.5, 0.6) is 5.75 Å². The third-order valence-electron chi connectivity index (χ3n) is 4.90. The molecule has 2 aromatic carbocycles. The van der Waals surface area contributed by atoms with Crippen LogP contribution in [0.3, 0.4) is 0 Å². The second-order valence-electron chi connectivity index (χ2n) is 7.07. The van der Waals surface area contributed by atoms with Gasteiger partial charge in [0.1, 0.15) is 18.5 Å². The van der Waals surface area contributed by atoms with Crippen LogP contribution in [0.1, 0.15) is 11.1 Å². The lowest BCUT2D eigenvalue weighted by atomic mass is 10.1. The third kappa shape index (κ3) is 5.39. The quantitative estimate of drug-likeness (QED) is 0.813. The minimum absolute atomic E-state index is 0.207. The van der Waals surface area contributed by atoms with E-state index in [1.165, 1.54) is 12.1 Å². The number of para-hydroxylation sites is 1. The Labute approximate surface area is 163 Å². The van der Waals surface area contributed by atoms with Crippen molar-refractivity contribution in [2.75, 3.05) is 44.2 Å². The molecular formula is C21H25F3N2O2. The summed E-state index contributed by atoms with van der Waals surface area (Å²) in [5, 5.41) is 10.3. The number of aliphatic hydroxyl groups is 1. The highest BCUT2D eigenvalue weighted by Crippen LogP contribution is 2.31. The van der Waals surface area contributed by atoms with Crippen LogP contribution in [0, 0.1) is 6.92 Å². The van der Waals surface area contributed by atoms with Crippen LogP contribution >= 0.6 is 0 Å². The number of hydrogen-bond donors (Lipinski definition) is 1. The zero-order chi connectivity index (χ0) is 20.1. The number of halogens is 3. The fourth-order valence-electron chi connectivity index (χ4n) is 3.32. The second-order valence-corrected chi connectivity index (χ2v) is 7.07. The van der Waals surface area contributed by atoms with Gasteiger partial charge >= 0.3 is 6.18 Å². The monoisotopic (exact) mass is 394 g/mol. The molecule has 1 atom stereocenters. The molecule has 1 aliphatic heterocycles. The average Bonchev–Trinajstić information content (AvgIpc) is 2.67. The molecule has 0 aromatic heterocycles. The van der Waals surface area contributed by atoms with Crippen LogP contribution in [-0.4, -0.2) is 55.4 Å². The summed E-state index contributed by atoms with van der Waals surface area (Å²) in [6, 6.07) is 13.1. The van der Waals surface area contributed by atoms with Gasteiger partial charge < -0.3 is 14.7 Å². The van der Waals surface area contributed by atoms with E-state index in [2.05, 4.69) is 4.90 Å². The Kier molecular flexibility index (Phi) is 6.46. The highest BCUT2D eigenvalue weighted by Gasteiger charge is 2.31. The van der Waals surface area contributed by atoms with Crippen LogP contribution in [0.4, 0.5) is 18.9 Å². The molecule has 1 unspecified atom stereocenters. The van der Waals surface area contributed by atoms with Crippen molar-refractivity contribution < 1.29 is 23.0 Å². The number of aryl methyl sites for hydroxylation is 1. The van der Waals surface area contributed by atoms with Crippen molar-refractivity contribution in [2.24, 2.45) is 0 Å². The zero-order valence-corrected chi connectivity index (χ0v) is 15.8. The van der Waals surface area contributed by atoms with E-state index in [0.717, 1.165) is 17.4 Å². The summed E-state index contributed by atoms with van der Waals surface area (Å²) < 4.78 is 44.4. The molecule has 152 valence electrons. The number of alkyl halides is 3. The van der Waals surface area contributed by atoms with Crippen molar-refractivity contribution in [1.29, 1.82) is 0 Å². The molecule has 28 heavy (non-hydrogen) atoms. The maximum atomic E-state index is 12.9. The molecule has 0 amide bonds. The molecule has 0 bridgehead atoms. The van der Waals surface area contributed by atoms with Crippen LogP contribution in [0.2, 0.25) is 0 Å². The Morgan fingerprint density at radius 1 is 1.04 bits per heavy atom. The normalized spacial score (nSPS) is 16.8. The number of aliphatic hydroxyl groups excluding tert-OH is 1. The summed E-state index contributed by atoms with van der Waals surface area (Å²) in [6.07, 6.45) is -4.96. The molecule has 0 saturated carbocycles. The molecule has 0 aliphatic carbocycles. The van der Waals surface area contributed by atoms with Gasteiger partial charge in [-0.25, -0.2) is 0 Å². The zero-order valence-electron chi connectivity index (χ0n) is 15.8. The van der Waals surface area contributed by atoms with E-state index in [1.807, 2.05) is 36.1 Å². The standard InChI is InChI=1S/C21H25F3N2O2/c1-16-5-2-3-8-20(16)28-15-19(27)14-25-9-11-26(12-10-25)18-7-4-6-17(13-18)21(22,23)24/h2-8,13,19,27H,9-12,14-15H2,1H3. The van der Waals surface area contributed by atoms with Crippen molar-refractivity contribution in [3.05, 3.63) is 59.7 Å². The molecule has 0 radical (unpaired) electrons. The fraction of sp³-hybridized carbons (Fsp3) is 0.429. The number of benzene rings is 2. The summed E-state index contributed by atoms with van der Waals surface area (Å²) >= 11 is 0. The number of β-amino-alcohol motifs (C(OH)–C–C–N with tert-alkyl or cyclic N) is 1. The van der Waals surface area contributed by atoms with Crippen LogP contribution in [0.25, 0.3) is 0 Å². The SMILES string of the molecule is Cc1ccccc1OCC(O)CN1CCN(c2cccc(C(F)(F)F)c2)CC1. The summed E-state index contributed by atoms with van der Waals surface area (Å²) in [5.41, 5.74) is 0.971. The van der Waals surface area contributed by atoms with Crippen molar-refractivity contribution in [1.82, 2.24) is 4.90 Å². The first-order valence-corrected chi connectivity index (χ1v) is 9.34. The molecule has 1 saturated heterocycles. The van der Waals surface area contributed by atoms with Crippen LogP contribution in [-0.2, 0) is 6.18 Å². The van der Waals surface area contributed by atoms with E-state index in [-0.39, 0.29) is 6.61 Å². The Morgan fingerprint density at radius 2 is 1.75 bits per heavy atom. The van der Waals surface area contributed by atoms with E-state index in [9.17, 15) is 18.3 Å². The molecule has 1 N–H and O–H groups in total. The highest BCUT2D eigenvalue weighted by atomic mass is 19.4. The molecule has 0 spiro atoms. The van der Waals surface area contributed by atoms with Gasteiger partial charge in [-0.2, -0.15) is 13.2 Å². The lowest BCUT2D eigenvalue weighted by Crippen LogP contribution is -2.49. The first-order chi connectivity index (χ1) is 13.3. The van der Waals surface area contributed by atoms with E-state index in [0.29, 0.717) is 38.4 Å². The number of hydrogen-bond acceptors (Lipinski definition) is 4. The molecule has 1 aliphatic rings. The van der Waals surface area contributed by atoms with Crippen LogP contribution in [0.15, 0.2) is 48.5 Å². The van der Waals surface area contributed by atoms with Gasteiger partial charge in [-0.15, -0.1) is 0 Å². The lowest BCUT2D eigenvalue weighted by Gasteiger charge is -2.37. The van der Waals surface area contributed by atoms with Gasteiger partial charge in [0, 0.05) is 38.4 Å². The number of ether oxygens (including phenoxy) is 1.